The zero-order chi connectivity index (χ0) is 16.0. The third kappa shape index (κ3) is 4.18. The lowest BCUT2D eigenvalue weighted by atomic mass is 9.90. The van der Waals surface area contributed by atoms with Crippen LogP contribution in [0.4, 0.5) is 14.9 Å². The summed E-state index contributed by atoms with van der Waals surface area (Å²) in [4.78, 5) is 22.9. The lowest BCUT2D eigenvalue weighted by molar-refractivity contribution is 0.0697. The smallest absolute Gasteiger partial charge is 0.335 e. The molecule has 21 heavy (non-hydrogen) atoms. The van der Waals surface area contributed by atoms with Gasteiger partial charge < -0.3 is 15.7 Å². The normalized spacial score (nSPS) is 11.0. The number of amides is 2. The Morgan fingerprint density at radius 2 is 1.76 bits per heavy atom. The molecule has 6 heteroatoms. The number of nitrogens with one attached hydrogen (secondary N) is 2. The van der Waals surface area contributed by atoms with Crippen LogP contribution in [-0.2, 0) is 0 Å². The second-order valence-corrected chi connectivity index (χ2v) is 4.92. The summed E-state index contributed by atoms with van der Waals surface area (Å²) in [6.45, 7) is 5.91. The monoisotopic (exact) mass is 296 g/mol. The highest BCUT2D eigenvalue weighted by Gasteiger charge is 2.26. The van der Waals surface area contributed by atoms with Gasteiger partial charge >= 0.3 is 12.0 Å². The molecule has 1 aromatic carbocycles. The molecular weight excluding hydrogens is 275 g/mol. The van der Waals surface area contributed by atoms with Crippen LogP contribution in [0.2, 0.25) is 0 Å². The highest BCUT2D eigenvalue weighted by atomic mass is 19.1. The Kier molecular flexibility index (Phi) is 5.69. The van der Waals surface area contributed by atoms with Gasteiger partial charge in [-0.3, -0.25) is 0 Å². The molecule has 2 amide bonds. The van der Waals surface area contributed by atoms with E-state index in [0.717, 1.165) is 37.5 Å². The second-order valence-electron chi connectivity index (χ2n) is 4.92. The van der Waals surface area contributed by atoms with E-state index in [-0.39, 0.29) is 16.8 Å². The van der Waals surface area contributed by atoms with Gasteiger partial charge in [0.2, 0.25) is 0 Å². The number of rotatable bonds is 6. The highest BCUT2D eigenvalue weighted by Crippen LogP contribution is 2.20. The van der Waals surface area contributed by atoms with Crippen LogP contribution in [0, 0.1) is 5.82 Å². The Bertz CT molecular complexity index is 519. The van der Waals surface area contributed by atoms with Crippen LogP contribution in [0.5, 0.6) is 0 Å². The van der Waals surface area contributed by atoms with Gasteiger partial charge in [-0.2, -0.15) is 0 Å². The molecule has 0 heterocycles. The quantitative estimate of drug-likeness (QED) is 0.750. The molecule has 1 aromatic rings. The van der Waals surface area contributed by atoms with E-state index in [1.165, 1.54) is 0 Å². The van der Waals surface area contributed by atoms with Crippen molar-refractivity contribution in [2.75, 3.05) is 5.32 Å². The second kappa shape index (κ2) is 7.06. The minimum Gasteiger partial charge on any atom is -0.478 e. The summed E-state index contributed by atoms with van der Waals surface area (Å²) in [6.07, 6.45) is 2.27. The minimum atomic E-state index is -1.18. The van der Waals surface area contributed by atoms with E-state index in [1.807, 2.05) is 20.8 Å². The first-order chi connectivity index (χ1) is 9.87. The van der Waals surface area contributed by atoms with Crippen molar-refractivity contribution >= 4 is 17.7 Å². The van der Waals surface area contributed by atoms with Crippen molar-refractivity contribution in [3.63, 3.8) is 0 Å². The molecule has 0 aliphatic heterocycles. The molecule has 0 aliphatic carbocycles. The van der Waals surface area contributed by atoms with Crippen LogP contribution in [0.3, 0.4) is 0 Å². The van der Waals surface area contributed by atoms with Gasteiger partial charge in [0, 0.05) is 5.54 Å². The van der Waals surface area contributed by atoms with E-state index in [9.17, 15) is 14.0 Å². The summed E-state index contributed by atoms with van der Waals surface area (Å²) in [5.41, 5.74) is -0.575. The van der Waals surface area contributed by atoms with E-state index in [1.54, 1.807) is 0 Å². The zero-order valence-electron chi connectivity index (χ0n) is 12.5. The first-order valence-electron chi connectivity index (χ1n) is 6.99. The van der Waals surface area contributed by atoms with Gasteiger partial charge in [0.15, 0.2) is 0 Å². The summed E-state index contributed by atoms with van der Waals surface area (Å²) >= 11 is 0. The predicted octanol–water partition coefficient (Wildman–Crippen LogP) is 3.61. The maximum atomic E-state index is 13.6. The lowest BCUT2D eigenvalue weighted by Crippen LogP contribution is -2.48. The number of hydrogen-bond acceptors (Lipinski definition) is 2. The maximum absolute atomic E-state index is 13.6. The minimum absolute atomic E-state index is 0.0839. The van der Waals surface area contributed by atoms with Crippen molar-refractivity contribution in [3.8, 4) is 0 Å². The third-order valence-electron chi connectivity index (χ3n) is 3.87. The first-order valence-corrected chi connectivity index (χ1v) is 6.99. The van der Waals surface area contributed by atoms with E-state index in [4.69, 9.17) is 5.11 Å². The molecule has 0 bridgehead atoms. The van der Waals surface area contributed by atoms with Crippen molar-refractivity contribution < 1.29 is 19.1 Å². The summed E-state index contributed by atoms with van der Waals surface area (Å²) in [5, 5.41) is 14.1. The number of urea groups is 1. The molecule has 0 radical (unpaired) electrons. The summed E-state index contributed by atoms with van der Waals surface area (Å²) in [5.74, 6) is -1.85. The highest BCUT2D eigenvalue weighted by molar-refractivity contribution is 5.93. The maximum Gasteiger partial charge on any atom is 0.335 e. The van der Waals surface area contributed by atoms with E-state index in [2.05, 4.69) is 10.6 Å². The Morgan fingerprint density at radius 3 is 2.24 bits per heavy atom. The van der Waals surface area contributed by atoms with Gasteiger partial charge in [-0.25, -0.2) is 14.0 Å². The molecule has 116 valence electrons. The molecule has 0 unspecified atom stereocenters. The van der Waals surface area contributed by atoms with Crippen molar-refractivity contribution in [2.45, 2.75) is 45.6 Å². The number of carboxylic acids is 1. The molecule has 0 aromatic heterocycles. The van der Waals surface area contributed by atoms with Gasteiger partial charge in [0.25, 0.3) is 0 Å². The fourth-order valence-electron chi connectivity index (χ4n) is 2.16. The van der Waals surface area contributed by atoms with Crippen LogP contribution in [0.25, 0.3) is 0 Å². The molecule has 0 spiro atoms. The molecule has 0 fully saturated rings. The summed E-state index contributed by atoms with van der Waals surface area (Å²) in [7, 11) is 0. The van der Waals surface area contributed by atoms with Crippen LogP contribution in [0.1, 0.15) is 50.4 Å². The molecule has 1 rings (SSSR count). The van der Waals surface area contributed by atoms with Crippen molar-refractivity contribution in [1.29, 1.82) is 0 Å². The average Bonchev–Trinajstić information content (AvgIpc) is 2.47. The largest absolute Gasteiger partial charge is 0.478 e. The molecule has 0 aliphatic rings. The molecule has 0 saturated heterocycles. The van der Waals surface area contributed by atoms with Gasteiger partial charge in [0.1, 0.15) is 5.82 Å². The molecule has 0 saturated carbocycles. The fourth-order valence-corrected chi connectivity index (χ4v) is 2.16. The van der Waals surface area contributed by atoms with E-state index < -0.39 is 17.8 Å². The number of benzene rings is 1. The van der Waals surface area contributed by atoms with Crippen LogP contribution in [-0.4, -0.2) is 22.6 Å². The summed E-state index contributed by atoms with van der Waals surface area (Å²) in [6, 6.07) is 2.73. The standard InChI is InChI=1S/C15H21FN2O3/c1-4-15(5-2,6-3)18-14(21)17-12-9-10(13(19)20)7-8-11(12)16/h7-9H,4-6H2,1-3H3,(H,19,20)(H2,17,18,21). The van der Waals surface area contributed by atoms with Gasteiger partial charge in [-0.15, -0.1) is 0 Å². The van der Waals surface area contributed by atoms with Crippen molar-refractivity contribution in [3.05, 3.63) is 29.6 Å². The van der Waals surface area contributed by atoms with Crippen LogP contribution >= 0.6 is 0 Å². The first kappa shape index (κ1) is 16.9. The number of aromatic carboxylic acids is 1. The predicted molar refractivity (Wildman–Crippen MR) is 79.1 cm³/mol. The molecule has 5 nitrogen and oxygen atoms in total. The number of anilines is 1. The Morgan fingerprint density at radius 1 is 1.19 bits per heavy atom. The van der Waals surface area contributed by atoms with Crippen LogP contribution in [0.15, 0.2) is 18.2 Å². The number of carbonyl (C=O) groups is 2. The molecular formula is C15H21FN2O3. The SMILES string of the molecule is CCC(CC)(CC)NC(=O)Nc1cc(C(=O)O)ccc1F. The Hall–Kier alpha value is -2.11. The van der Waals surface area contributed by atoms with Gasteiger partial charge in [-0.1, -0.05) is 20.8 Å². The topological polar surface area (TPSA) is 78.4 Å². The van der Waals surface area contributed by atoms with Crippen LogP contribution < -0.4 is 10.6 Å². The van der Waals surface area contributed by atoms with Gasteiger partial charge in [-0.05, 0) is 37.5 Å². The van der Waals surface area contributed by atoms with Crippen molar-refractivity contribution in [2.24, 2.45) is 0 Å². The Balaban J connectivity index is 2.88. The summed E-state index contributed by atoms with van der Waals surface area (Å²) < 4.78 is 13.6. The van der Waals surface area contributed by atoms with E-state index >= 15 is 0 Å². The van der Waals surface area contributed by atoms with E-state index in [0.29, 0.717) is 0 Å². The third-order valence-corrected chi connectivity index (χ3v) is 3.87. The Labute approximate surface area is 123 Å². The number of carbonyl (C=O) groups excluding carboxylic acids is 1. The fraction of sp³-hybridized carbons (Fsp3) is 0.467. The van der Waals surface area contributed by atoms with Gasteiger partial charge in [0.05, 0.1) is 11.3 Å². The zero-order valence-corrected chi connectivity index (χ0v) is 12.5. The lowest BCUT2D eigenvalue weighted by Gasteiger charge is -2.31. The molecule has 0 atom stereocenters. The number of halogens is 1. The number of carboxylic acid groups (broad SMARTS) is 1. The molecule has 3 N–H and O–H groups in total. The van der Waals surface area contributed by atoms with Crippen molar-refractivity contribution in [1.82, 2.24) is 5.32 Å². The average molecular weight is 296 g/mol. The number of hydrogen-bond donors (Lipinski definition) is 3.